The van der Waals surface area contributed by atoms with Crippen molar-refractivity contribution in [2.75, 3.05) is 110 Å². The fourth-order valence-electron chi connectivity index (χ4n) is 7.82. The number of ether oxygens (including phenoxy) is 3. The lowest BCUT2D eigenvalue weighted by atomic mass is 10.3. The van der Waals surface area contributed by atoms with Gasteiger partial charge in [-0.05, 0) is 24.3 Å². The summed E-state index contributed by atoms with van der Waals surface area (Å²) < 4.78 is 99.4. The molecular weight excluding hydrogens is 1320 g/mol. The summed E-state index contributed by atoms with van der Waals surface area (Å²) in [6, 6.07) is 12.4. The van der Waals surface area contributed by atoms with E-state index < -0.39 is 24.1 Å². The predicted molar refractivity (Wildman–Crippen MR) is 324 cm³/mol. The van der Waals surface area contributed by atoms with Crippen LogP contribution in [0.15, 0.2) is 126 Å². The van der Waals surface area contributed by atoms with E-state index in [1.807, 2.05) is 17.0 Å². The van der Waals surface area contributed by atoms with Crippen LogP contribution in [0.3, 0.4) is 0 Å². The first-order valence-electron chi connectivity index (χ1n) is 26.4. The molecule has 0 spiro atoms. The first kappa shape index (κ1) is 67.1. The average molecular weight is 1370 g/mol. The molecule has 3 N–H and O–H groups in total. The number of morpholine rings is 3. The van der Waals surface area contributed by atoms with Gasteiger partial charge < -0.3 is 53.9 Å². The zero-order valence-corrected chi connectivity index (χ0v) is 50.2. The molecular formula is C53H54BrClF6N22O5S2. The zero-order valence-electron chi connectivity index (χ0n) is 46.3. The molecule has 27 nitrogen and oxygen atoms in total. The quantitative estimate of drug-likeness (QED) is 0.0652. The number of anilines is 8. The first-order valence-corrected chi connectivity index (χ1v) is 29.5. The second kappa shape index (κ2) is 33.1. The highest BCUT2D eigenvalue weighted by molar-refractivity contribution is 9.08. The summed E-state index contributed by atoms with van der Waals surface area (Å²) >= 11 is 11.6. The van der Waals surface area contributed by atoms with Crippen LogP contribution in [0.4, 0.5) is 72.9 Å². The normalized spacial score (nSPS) is 14.0. The molecule has 0 unspecified atom stereocenters. The van der Waals surface area contributed by atoms with Gasteiger partial charge in [0.15, 0.2) is 5.82 Å². The lowest BCUT2D eigenvalue weighted by Gasteiger charge is -2.29. The zero-order chi connectivity index (χ0) is 62.4. The molecule has 0 atom stereocenters. The highest BCUT2D eigenvalue weighted by atomic mass is 79.9. The molecule has 0 bridgehead atoms. The Morgan fingerprint density at radius 1 is 0.544 bits per heavy atom. The molecule has 90 heavy (non-hydrogen) atoms. The van der Waals surface area contributed by atoms with Gasteiger partial charge in [0.25, 0.3) is 0 Å². The van der Waals surface area contributed by atoms with Gasteiger partial charge in [0, 0.05) is 110 Å². The number of halogens is 8. The SMILES string of the molecule is C.Clc1cc(N2CCOCC2)ncn1.FC(F)(F)c1nc(-c2ccc(CBr)s2)no1.FC(F)(F)c1nc(-c2ccc(CN(c3cnccn3)c3cc(N4CCOCC4)ncn3)s2)no1.Nc1cnccn1.c1cnc(Nc2cc(N3CCOCC3)ncn2)cn1. The van der Waals surface area contributed by atoms with Crippen molar-refractivity contribution in [3.63, 3.8) is 0 Å². The van der Waals surface area contributed by atoms with E-state index in [4.69, 9.17) is 31.5 Å². The second-order valence-corrected chi connectivity index (χ2v) is 21.3. The molecule has 0 amide bonds. The Morgan fingerprint density at radius 3 is 1.49 bits per heavy atom. The van der Waals surface area contributed by atoms with Gasteiger partial charge >= 0.3 is 24.1 Å². The van der Waals surface area contributed by atoms with Gasteiger partial charge in [-0.1, -0.05) is 45.3 Å². The van der Waals surface area contributed by atoms with Crippen molar-refractivity contribution in [1.82, 2.24) is 80.1 Å². The minimum atomic E-state index is -4.70. The Labute approximate surface area is 530 Å². The summed E-state index contributed by atoms with van der Waals surface area (Å²) in [5.41, 5.74) is 5.18. The minimum Gasteiger partial charge on any atom is -0.382 e. The molecule has 0 aliphatic carbocycles. The summed E-state index contributed by atoms with van der Waals surface area (Å²) in [6.07, 6.45) is 9.51. The molecule has 3 fully saturated rings. The summed E-state index contributed by atoms with van der Waals surface area (Å²) in [5, 5.41) is 11.0. The lowest BCUT2D eigenvalue weighted by molar-refractivity contribution is -0.160. The van der Waals surface area contributed by atoms with E-state index >= 15 is 0 Å². The van der Waals surface area contributed by atoms with E-state index in [2.05, 4.69) is 125 Å². The van der Waals surface area contributed by atoms with Crippen LogP contribution in [-0.2, 0) is 38.4 Å². The van der Waals surface area contributed by atoms with Crippen LogP contribution in [0.25, 0.3) is 21.4 Å². The van der Waals surface area contributed by atoms with Crippen molar-refractivity contribution < 1.29 is 49.6 Å². The van der Waals surface area contributed by atoms with Crippen molar-refractivity contribution in [1.29, 1.82) is 0 Å². The van der Waals surface area contributed by atoms with E-state index in [1.165, 1.54) is 41.5 Å². The largest absolute Gasteiger partial charge is 0.471 e. The molecule has 3 aliphatic rings. The number of thiophene rings is 2. The third-order valence-electron chi connectivity index (χ3n) is 12.0. The highest BCUT2D eigenvalue weighted by Gasteiger charge is 2.39. The Hall–Kier alpha value is -8.81. The fourth-order valence-corrected chi connectivity index (χ4v) is 10.2. The molecule has 3 saturated heterocycles. The Bertz CT molecular complexity index is 3720. The third-order valence-corrected chi connectivity index (χ3v) is 15.3. The number of hydrogen-bond donors (Lipinski definition) is 2. The van der Waals surface area contributed by atoms with E-state index in [0.717, 1.165) is 92.9 Å². The van der Waals surface area contributed by atoms with Crippen LogP contribution < -0.4 is 30.7 Å². The van der Waals surface area contributed by atoms with Crippen molar-refractivity contribution in [2.24, 2.45) is 0 Å². The Balaban J connectivity index is 0.000000158. The van der Waals surface area contributed by atoms with E-state index in [-0.39, 0.29) is 19.1 Å². The number of alkyl halides is 7. The molecule has 10 aromatic heterocycles. The highest BCUT2D eigenvalue weighted by Crippen LogP contribution is 2.35. The van der Waals surface area contributed by atoms with Gasteiger partial charge in [-0.15, -0.1) is 22.7 Å². The lowest BCUT2D eigenvalue weighted by Crippen LogP contribution is -2.36. The number of rotatable bonds is 12. The summed E-state index contributed by atoms with van der Waals surface area (Å²) in [5.74, 6) is 2.67. The molecule has 0 aromatic carbocycles. The molecule has 13 rings (SSSR count). The molecule has 37 heteroatoms. The van der Waals surface area contributed by atoms with Gasteiger partial charge in [-0.3, -0.25) is 15.0 Å². The number of nitrogens with zero attached hydrogens (tertiary/aromatic N) is 20. The smallest absolute Gasteiger partial charge is 0.382 e. The maximum atomic E-state index is 12.8. The first-order chi connectivity index (χ1) is 43.1. The van der Waals surface area contributed by atoms with Crippen LogP contribution >= 0.6 is 50.2 Å². The van der Waals surface area contributed by atoms with Crippen LogP contribution in [0.5, 0.6) is 0 Å². The number of hydrogen-bond acceptors (Lipinski definition) is 29. The number of nitrogen functional groups attached to an aromatic ring is 1. The number of aromatic nitrogens is 16. The number of nitrogens with two attached hydrogens (primary N) is 1. The van der Waals surface area contributed by atoms with E-state index in [9.17, 15) is 26.3 Å². The summed E-state index contributed by atoms with van der Waals surface area (Å²) in [4.78, 5) is 67.2. The van der Waals surface area contributed by atoms with E-state index in [1.54, 1.807) is 86.2 Å². The summed E-state index contributed by atoms with van der Waals surface area (Å²) in [6.45, 7) is 9.43. The standard InChI is InChI=1S/C20H17F3N8O2S.C12H14N6O.C8H4BrF3N2OS.C8H10ClN3O.C4H5N3.CH4/c21-20(22,23)19-28-18(29-33-19)14-2-1-13(34-14)11-31(17-10-24-3-4-25-17)16-9-15(26-12-27-16)30-5-7-32-8-6-30;1-2-14-11(8-13-1)17-10-7-12(16-9-15-10)18-3-5-19-6-4-18;9-3-4-1-2-5(16-4)6-13-7(15-14-6)8(10,11)12;9-7-5-8(11-6-10-7)12-1-3-13-4-2-12;5-4-3-6-1-2-7-4;/h1-4,9-10,12H,5-8,11H2;1-2,7-9H,3-6H2,(H,14,15,16,17);1-2H,3H2;5-6H,1-4H2;1-3H,(H2,5,7);1H4. The van der Waals surface area contributed by atoms with Crippen LogP contribution in [-0.4, -0.2) is 159 Å². The Morgan fingerprint density at radius 2 is 1.03 bits per heavy atom. The number of nitrogens with one attached hydrogen (secondary N) is 1. The predicted octanol–water partition coefficient (Wildman–Crippen LogP) is 9.79. The molecule has 3 aliphatic heterocycles. The van der Waals surface area contributed by atoms with Gasteiger partial charge in [0.1, 0.15) is 64.9 Å². The fraction of sp³-hybridized carbons (Fsp3) is 0.321. The average Bonchev–Trinajstić information content (AvgIpc) is 1.70. The molecule has 10 aromatic rings. The summed E-state index contributed by atoms with van der Waals surface area (Å²) in [7, 11) is 0. The van der Waals surface area contributed by atoms with Crippen LogP contribution in [0.1, 0.15) is 29.0 Å². The maximum Gasteiger partial charge on any atom is 0.471 e. The minimum absolute atomic E-state index is 0. The topological polar surface area (TPSA) is 311 Å². The van der Waals surface area contributed by atoms with Crippen molar-refractivity contribution in [3.05, 3.63) is 144 Å². The van der Waals surface area contributed by atoms with Gasteiger partial charge in [-0.2, -0.15) is 36.3 Å². The molecule has 0 saturated carbocycles. The van der Waals surface area contributed by atoms with Gasteiger partial charge in [0.2, 0.25) is 11.6 Å². The second-order valence-electron chi connectivity index (χ2n) is 18.0. The van der Waals surface area contributed by atoms with Crippen molar-refractivity contribution >= 4 is 96.7 Å². The van der Waals surface area contributed by atoms with Crippen molar-refractivity contribution in [2.45, 2.75) is 31.7 Å². The van der Waals surface area contributed by atoms with Crippen molar-refractivity contribution in [3.8, 4) is 21.4 Å². The van der Waals surface area contributed by atoms with Crippen LogP contribution in [0, 0.1) is 0 Å². The molecule has 13 heterocycles. The van der Waals surface area contributed by atoms with E-state index in [0.29, 0.717) is 69.1 Å². The molecule has 0 radical (unpaired) electrons. The molecule has 474 valence electrons. The monoisotopic (exact) mass is 1370 g/mol. The Kier molecular flexibility index (Phi) is 24.7. The third kappa shape index (κ3) is 20.1. The van der Waals surface area contributed by atoms with Gasteiger partial charge in [-0.25, -0.2) is 44.9 Å². The van der Waals surface area contributed by atoms with Crippen LogP contribution in [0.2, 0.25) is 5.15 Å². The maximum absolute atomic E-state index is 12.8. The van der Waals surface area contributed by atoms with Gasteiger partial charge in [0.05, 0.1) is 74.5 Å².